The first-order valence-electron chi connectivity index (χ1n) is 7.13. The molecule has 0 radical (unpaired) electrons. The normalized spacial score (nSPS) is 10.6. The maximum Gasteiger partial charge on any atom is 0.186 e. The van der Waals surface area contributed by atoms with E-state index in [2.05, 4.69) is 28.0 Å². The van der Waals surface area contributed by atoms with Crippen LogP contribution < -0.4 is 4.90 Å². The van der Waals surface area contributed by atoms with Crippen molar-refractivity contribution in [2.45, 2.75) is 13.5 Å². The van der Waals surface area contributed by atoms with Crippen molar-refractivity contribution in [3.63, 3.8) is 0 Å². The average Bonchev–Trinajstić information content (AvgIpc) is 2.87. The van der Waals surface area contributed by atoms with Gasteiger partial charge in [0.15, 0.2) is 5.13 Å². The third kappa shape index (κ3) is 4.04. The maximum atomic E-state index is 11.2. The summed E-state index contributed by atoms with van der Waals surface area (Å²) in [5.74, 6) is 2.07. The average molecular weight is 315 g/mol. The quantitative estimate of drug-likeness (QED) is 0.768. The summed E-state index contributed by atoms with van der Waals surface area (Å²) >= 11 is 1.55. The Bertz CT molecular complexity index is 672. The molecule has 0 bridgehead atoms. The van der Waals surface area contributed by atoms with Crippen LogP contribution >= 0.6 is 11.3 Å². The first-order valence-corrected chi connectivity index (χ1v) is 7.94. The summed E-state index contributed by atoms with van der Waals surface area (Å²) in [7, 11) is 5.90. The highest BCUT2D eigenvalue weighted by atomic mass is 32.1. The molecule has 1 aromatic carbocycles. The number of hydrogen-bond donors (Lipinski definition) is 0. The molecular formula is C17H21N3OS. The van der Waals surface area contributed by atoms with Crippen LogP contribution in [-0.4, -0.2) is 43.5 Å². The van der Waals surface area contributed by atoms with Crippen molar-refractivity contribution >= 4 is 28.0 Å². The fourth-order valence-corrected chi connectivity index (χ4v) is 3.23. The summed E-state index contributed by atoms with van der Waals surface area (Å²) in [6.07, 6.45) is 0. The van der Waals surface area contributed by atoms with Crippen LogP contribution in [0.4, 0.5) is 5.13 Å². The molecule has 2 rings (SSSR count). The number of nitrogens with zero attached hydrogens (tertiary/aromatic N) is 3. The summed E-state index contributed by atoms with van der Waals surface area (Å²) in [6.45, 7) is 3.31. The van der Waals surface area contributed by atoms with Crippen molar-refractivity contribution in [3.05, 3.63) is 46.5 Å². The van der Waals surface area contributed by atoms with Gasteiger partial charge in [-0.2, -0.15) is 0 Å². The van der Waals surface area contributed by atoms with Crippen molar-refractivity contribution in [1.29, 1.82) is 0 Å². The van der Waals surface area contributed by atoms with Crippen molar-refractivity contribution in [3.8, 4) is 0 Å². The molecule has 0 saturated heterocycles. The number of aromatic nitrogens is 1. The van der Waals surface area contributed by atoms with Crippen LogP contribution in [0.3, 0.4) is 0 Å². The molecule has 0 aliphatic rings. The Hall–Kier alpha value is -1.94. The Kier molecular flexibility index (Phi) is 5.50. The molecule has 1 aromatic heterocycles. The molecule has 4 nitrogen and oxygen atoms in total. The summed E-state index contributed by atoms with van der Waals surface area (Å²) < 4.78 is 0. The van der Waals surface area contributed by atoms with E-state index in [4.69, 9.17) is 0 Å². The number of rotatable bonds is 6. The molecule has 0 saturated carbocycles. The standard InChI is InChI=1S/C17H21N3OS/c1-13-16(15(12-21)11-19(2)3)22-17(18-13)20(4)10-14-8-6-5-7-9-14/h5-9H,10-11H2,1-4H3. The van der Waals surface area contributed by atoms with Gasteiger partial charge >= 0.3 is 0 Å². The molecule has 0 atom stereocenters. The van der Waals surface area contributed by atoms with E-state index in [1.165, 1.54) is 5.56 Å². The number of thiazole rings is 1. The van der Waals surface area contributed by atoms with E-state index < -0.39 is 0 Å². The highest BCUT2D eigenvalue weighted by Gasteiger charge is 2.16. The number of hydrogen-bond acceptors (Lipinski definition) is 5. The minimum absolute atomic E-state index is 0.578. The number of aryl methyl sites for hydroxylation is 1. The highest BCUT2D eigenvalue weighted by molar-refractivity contribution is 7.16. The van der Waals surface area contributed by atoms with Crippen LogP contribution in [0.15, 0.2) is 30.3 Å². The molecule has 22 heavy (non-hydrogen) atoms. The monoisotopic (exact) mass is 315 g/mol. The van der Waals surface area contributed by atoms with Gasteiger partial charge < -0.3 is 9.80 Å². The zero-order valence-electron chi connectivity index (χ0n) is 13.5. The minimum atomic E-state index is 0.578. The number of likely N-dealkylation sites (N-methyl/N-ethyl adjacent to an activating group) is 1. The second kappa shape index (κ2) is 7.36. The third-order valence-electron chi connectivity index (χ3n) is 3.25. The molecule has 1 heterocycles. The van der Waals surface area contributed by atoms with E-state index in [0.29, 0.717) is 12.1 Å². The van der Waals surface area contributed by atoms with Crippen molar-refractivity contribution in [2.24, 2.45) is 0 Å². The van der Waals surface area contributed by atoms with Gasteiger partial charge in [0.05, 0.1) is 16.1 Å². The van der Waals surface area contributed by atoms with Gasteiger partial charge in [-0.3, -0.25) is 0 Å². The van der Waals surface area contributed by atoms with Crippen LogP contribution in [-0.2, 0) is 11.3 Å². The summed E-state index contributed by atoms with van der Waals surface area (Å²) in [5, 5.41) is 0.919. The van der Waals surface area contributed by atoms with Crippen LogP contribution in [0.2, 0.25) is 0 Å². The molecule has 0 amide bonds. The predicted molar refractivity (Wildman–Crippen MR) is 93.1 cm³/mol. The Morgan fingerprint density at radius 3 is 2.50 bits per heavy atom. The van der Waals surface area contributed by atoms with E-state index in [1.54, 1.807) is 11.3 Å². The molecule has 0 N–H and O–H groups in total. The molecule has 2 aromatic rings. The molecule has 116 valence electrons. The number of benzene rings is 1. The van der Waals surface area contributed by atoms with E-state index >= 15 is 0 Å². The lowest BCUT2D eigenvalue weighted by atomic mass is 10.2. The van der Waals surface area contributed by atoms with Gasteiger partial charge in [0.25, 0.3) is 0 Å². The SMILES string of the molecule is Cc1nc(N(C)Cc2ccccc2)sc1C(=C=O)CN(C)C. The van der Waals surface area contributed by atoms with Crippen molar-refractivity contribution in [1.82, 2.24) is 9.88 Å². The fourth-order valence-electron chi connectivity index (χ4n) is 2.22. The minimum Gasteiger partial charge on any atom is -0.347 e. The Balaban J connectivity index is 2.20. The summed E-state index contributed by atoms with van der Waals surface area (Å²) in [6, 6.07) is 10.3. The van der Waals surface area contributed by atoms with E-state index in [-0.39, 0.29) is 0 Å². The van der Waals surface area contributed by atoms with Gasteiger partial charge in [0.1, 0.15) is 5.94 Å². The fraction of sp³-hybridized carbons (Fsp3) is 0.353. The maximum absolute atomic E-state index is 11.2. The van der Waals surface area contributed by atoms with E-state index in [9.17, 15) is 4.79 Å². The van der Waals surface area contributed by atoms with E-state index in [0.717, 1.165) is 22.2 Å². The number of carbonyl (C=O) groups excluding carboxylic acids is 1. The summed E-state index contributed by atoms with van der Waals surface area (Å²) in [4.78, 5) is 20.8. The molecule has 0 aliphatic carbocycles. The van der Waals surface area contributed by atoms with Gasteiger partial charge in [0, 0.05) is 20.1 Å². The Morgan fingerprint density at radius 2 is 1.91 bits per heavy atom. The van der Waals surface area contributed by atoms with E-state index in [1.807, 2.05) is 51.2 Å². The first kappa shape index (κ1) is 16.4. The van der Waals surface area contributed by atoms with Gasteiger partial charge in [-0.25, -0.2) is 9.78 Å². The zero-order chi connectivity index (χ0) is 16.1. The lowest BCUT2D eigenvalue weighted by molar-refractivity contribution is 0.463. The molecule has 0 unspecified atom stereocenters. The van der Waals surface area contributed by atoms with Crippen LogP contribution in [0.25, 0.3) is 5.57 Å². The lowest BCUT2D eigenvalue weighted by Crippen LogP contribution is -2.15. The Labute approximate surface area is 135 Å². The third-order valence-corrected chi connectivity index (χ3v) is 4.58. The second-order valence-corrected chi connectivity index (χ2v) is 6.55. The van der Waals surface area contributed by atoms with Crippen molar-refractivity contribution in [2.75, 3.05) is 32.6 Å². The van der Waals surface area contributed by atoms with Gasteiger partial charge in [-0.05, 0) is 26.6 Å². The summed E-state index contributed by atoms with van der Waals surface area (Å²) in [5.41, 5.74) is 2.79. The second-order valence-electron chi connectivity index (χ2n) is 5.57. The molecular weight excluding hydrogens is 294 g/mol. The molecule has 5 heteroatoms. The number of anilines is 1. The van der Waals surface area contributed by atoms with Crippen LogP contribution in [0.1, 0.15) is 16.1 Å². The predicted octanol–water partition coefficient (Wildman–Crippen LogP) is 2.86. The van der Waals surface area contributed by atoms with Crippen molar-refractivity contribution < 1.29 is 4.79 Å². The topological polar surface area (TPSA) is 36.4 Å². The van der Waals surface area contributed by atoms with Gasteiger partial charge in [0.2, 0.25) is 0 Å². The Morgan fingerprint density at radius 1 is 1.23 bits per heavy atom. The van der Waals surface area contributed by atoms with Gasteiger partial charge in [-0.1, -0.05) is 41.7 Å². The van der Waals surface area contributed by atoms with Crippen LogP contribution in [0, 0.1) is 6.92 Å². The first-order chi connectivity index (χ1) is 10.5. The molecule has 0 aliphatic heterocycles. The lowest BCUT2D eigenvalue weighted by Gasteiger charge is -2.15. The zero-order valence-corrected chi connectivity index (χ0v) is 14.3. The van der Waals surface area contributed by atoms with Gasteiger partial charge in [-0.15, -0.1) is 0 Å². The highest BCUT2D eigenvalue weighted by Crippen LogP contribution is 2.30. The largest absolute Gasteiger partial charge is 0.347 e. The molecule has 0 spiro atoms. The molecule has 0 fully saturated rings. The smallest absolute Gasteiger partial charge is 0.186 e. The van der Waals surface area contributed by atoms with Crippen LogP contribution in [0.5, 0.6) is 0 Å².